The molecule has 0 radical (unpaired) electrons. The van der Waals surface area contributed by atoms with Gasteiger partial charge in [-0.05, 0) is 80.0 Å². The van der Waals surface area contributed by atoms with E-state index < -0.39 is 5.60 Å². The number of benzene rings is 2. The van der Waals surface area contributed by atoms with E-state index in [1.54, 1.807) is 18.3 Å². The van der Waals surface area contributed by atoms with E-state index in [-0.39, 0.29) is 5.43 Å². The van der Waals surface area contributed by atoms with Gasteiger partial charge >= 0.3 is 0 Å². The highest BCUT2D eigenvalue weighted by Gasteiger charge is 2.46. The molecule has 2 aromatic heterocycles. The smallest absolute Gasteiger partial charge is 0.193 e. The van der Waals surface area contributed by atoms with Crippen molar-refractivity contribution in [2.45, 2.75) is 63.3 Å². The molecule has 2 saturated heterocycles. The van der Waals surface area contributed by atoms with Crippen LogP contribution in [0.2, 0.25) is 5.02 Å². The number of hydrogen-bond donors (Lipinski definition) is 1. The summed E-state index contributed by atoms with van der Waals surface area (Å²) in [5, 5.41) is 12.0. The van der Waals surface area contributed by atoms with Gasteiger partial charge in [-0.15, -0.1) is 0 Å². The molecule has 2 aromatic carbocycles. The van der Waals surface area contributed by atoms with Gasteiger partial charge < -0.3 is 9.52 Å². The SMILES string of the molecule is CCC1(O)CC2CCC(C1)N2Cc1cc(=O)c2cc(C#Cc3ccc(-c4ccc(Cl)cc4)cn3)ccc2o1. The Balaban J connectivity index is 1.19. The fourth-order valence-corrected chi connectivity index (χ4v) is 6.05. The van der Waals surface area contributed by atoms with Gasteiger partial charge in [-0.1, -0.05) is 42.6 Å². The molecule has 5 nitrogen and oxygen atoms in total. The molecule has 2 aliphatic rings. The third kappa shape index (κ3) is 5.00. The summed E-state index contributed by atoms with van der Waals surface area (Å²) >= 11 is 5.97. The fourth-order valence-electron chi connectivity index (χ4n) is 5.92. The predicted octanol–water partition coefficient (Wildman–Crippen LogP) is 6.18. The van der Waals surface area contributed by atoms with Crippen molar-refractivity contribution < 1.29 is 9.52 Å². The first-order chi connectivity index (χ1) is 18.4. The second-order valence-corrected chi connectivity index (χ2v) is 11.0. The Bertz CT molecular complexity index is 1580. The molecule has 1 N–H and O–H groups in total. The number of rotatable bonds is 4. The summed E-state index contributed by atoms with van der Waals surface area (Å²) in [4.78, 5) is 19.9. The van der Waals surface area contributed by atoms with Gasteiger partial charge in [-0.3, -0.25) is 9.69 Å². The van der Waals surface area contributed by atoms with E-state index in [4.69, 9.17) is 16.0 Å². The quantitative estimate of drug-likeness (QED) is 0.323. The zero-order chi connectivity index (χ0) is 26.3. The molecule has 4 aromatic rings. The van der Waals surface area contributed by atoms with E-state index in [9.17, 15) is 9.90 Å². The summed E-state index contributed by atoms with van der Waals surface area (Å²) in [6.07, 6.45) is 6.34. The third-order valence-corrected chi connectivity index (χ3v) is 8.30. The Kier molecular flexibility index (Phi) is 6.57. The Hall–Kier alpha value is -3.43. The van der Waals surface area contributed by atoms with Crippen molar-refractivity contribution in [2.75, 3.05) is 0 Å². The van der Waals surface area contributed by atoms with E-state index in [0.717, 1.165) is 48.8 Å². The van der Waals surface area contributed by atoms with E-state index >= 15 is 0 Å². The van der Waals surface area contributed by atoms with Crippen molar-refractivity contribution in [1.82, 2.24) is 9.88 Å². The normalized spacial score (nSPS) is 22.8. The van der Waals surface area contributed by atoms with E-state index in [1.165, 1.54) is 0 Å². The van der Waals surface area contributed by atoms with Crippen LogP contribution in [-0.4, -0.2) is 32.7 Å². The molecule has 6 rings (SSSR count). The van der Waals surface area contributed by atoms with Gasteiger partial charge in [0.05, 0.1) is 17.5 Å². The summed E-state index contributed by atoms with van der Waals surface area (Å²) in [5.41, 5.74) is 3.36. The van der Waals surface area contributed by atoms with Crippen molar-refractivity contribution in [3.8, 4) is 23.0 Å². The fraction of sp³-hybridized carbons (Fsp3) is 0.312. The average molecular weight is 525 g/mol. The molecule has 0 saturated carbocycles. The van der Waals surface area contributed by atoms with Gasteiger partial charge in [0.1, 0.15) is 17.0 Å². The first-order valence-electron chi connectivity index (χ1n) is 13.2. The zero-order valence-corrected chi connectivity index (χ0v) is 22.0. The van der Waals surface area contributed by atoms with Gasteiger partial charge in [0.2, 0.25) is 0 Å². The molecule has 2 unspecified atom stereocenters. The van der Waals surface area contributed by atoms with Crippen LogP contribution in [0.4, 0.5) is 0 Å². The molecule has 2 fully saturated rings. The predicted molar refractivity (Wildman–Crippen MR) is 150 cm³/mol. The topological polar surface area (TPSA) is 66.6 Å². The van der Waals surface area contributed by atoms with Crippen molar-refractivity contribution >= 4 is 22.6 Å². The number of piperidine rings is 1. The molecule has 6 heteroatoms. The van der Waals surface area contributed by atoms with Gasteiger partial charge in [0, 0.05) is 40.5 Å². The molecule has 0 spiro atoms. The lowest BCUT2D eigenvalue weighted by molar-refractivity contribution is -0.0581. The maximum atomic E-state index is 13.0. The van der Waals surface area contributed by atoms with Gasteiger partial charge in [-0.25, -0.2) is 4.98 Å². The minimum atomic E-state index is -0.557. The molecule has 0 amide bonds. The number of halogens is 1. The van der Waals surface area contributed by atoms with E-state index in [1.807, 2.05) is 48.5 Å². The number of hydrogen-bond acceptors (Lipinski definition) is 5. The van der Waals surface area contributed by atoms with Gasteiger partial charge in [0.15, 0.2) is 5.43 Å². The number of aromatic nitrogens is 1. The first kappa shape index (κ1) is 24.9. The molecular weight excluding hydrogens is 496 g/mol. The summed E-state index contributed by atoms with van der Waals surface area (Å²) in [6, 6.07) is 19.3. The summed E-state index contributed by atoms with van der Waals surface area (Å²) < 4.78 is 6.16. The van der Waals surface area contributed by atoms with E-state index in [2.05, 4.69) is 28.6 Å². The van der Waals surface area contributed by atoms with Crippen LogP contribution in [0.1, 0.15) is 56.0 Å². The maximum Gasteiger partial charge on any atom is 0.193 e. The minimum Gasteiger partial charge on any atom is -0.459 e. The average Bonchev–Trinajstić information content (AvgIpc) is 3.17. The van der Waals surface area contributed by atoms with Gasteiger partial charge in [0.25, 0.3) is 0 Å². The summed E-state index contributed by atoms with van der Waals surface area (Å²) in [6.45, 7) is 2.66. The summed E-state index contributed by atoms with van der Waals surface area (Å²) in [7, 11) is 0. The Morgan fingerprint density at radius 3 is 2.45 bits per heavy atom. The third-order valence-electron chi connectivity index (χ3n) is 8.05. The summed E-state index contributed by atoms with van der Waals surface area (Å²) in [5.74, 6) is 6.87. The zero-order valence-electron chi connectivity index (χ0n) is 21.3. The standard InChI is InChI=1S/C32H29ClN2O3/c1-2-32(37)17-26-12-13-27(18-32)35(26)20-28-16-30(36)29-15-21(4-14-31(29)38-28)3-10-25-11-7-23(19-34-25)22-5-8-24(33)9-6-22/h4-9,11,14-16,19,26-27,37H,2,12-13,17-18,20H2,1H3. The van der Waals surface area contributed by atoms with Crippen LogP contribution in [0.25, 0.3) is 22.1 Å². The van der Waals surface area contributed by atoms with Crippen molar-refractivity contribution in [2.24, 2.45) is 0 Å². The molecule has 38 heavy (non-hydrogen) atoms. The molecular formula is C32H29ClN2O3. The lowest BCUT2D eigenvalue weighted by Crippen LogP contribution is -2.50. The highest BCUT2D eigenvalue weighted by Crippen LogP contribution is 2.42. The van der Waals surface area contributed by atoms with Crippen LogP contribution in [0.15, 0.2) is 76.1 Å². The molecule has 2 aliphatic heterocycles. The Labute approximate surface area is 227 Å². The minimum absolute atomic E-state index is 0.0650. The lowest BCUT2D eigenvalue weighted by Gasteiger charge is -2.43. The van der Waals surface area contributed by atoms with Gasteiger partial charge in [-0.2, -0.15) is 0 Å². The van der Waals surface area contributed by atoms with Crippen LogP contribution in [-0.2, 0) is 6.54 Å². The molecule has 192 valence electrons. The monoisotopic (exact) mass is 524 g/mol. The maximum absolute atomic E-state index is 13.0. The molecule has 2 bridgehead atoms. The second-order valence-electron chi connectivity index (χ2n) is 10.5. The second kappa shape index (κ2) is 10.0. The van der Waals surface area contributed by atoms with Crippen molar-refractivity contribution in [3.05, 3.63) is 99.1 Å². The number of fused-ring (bicyclic) bond motifs is 3. The first-order valence-corrected chi connectivity index (χ1v) is 13.6. The van der Waals surface area contributed by atoms with Crippen LogP contribution in [0, 0.1) is 11.8 Å². The number of aliphatic hydroxyl groups is 1. The van der Waals surface area contributed by atoms with Crippen molar-refractivity contribution in [3.63, 3.8) is 0 Å². The Morgan fingerprint density at radius 1 is 1.03 bits per heavy atom. The van der Waals surface area contributed by atoms with E-state index in [0.29, 0.717) is 46.1 Å². The molecule has 2 atom stereocenters. The Morgan fingerprint density at radius 2 is 1.76 bits per heavy atom. The number of nitrogens with zero attached hydrogens (tertiary/aromatic N) is 2. The number of pyridine rings is 1. The largest absolute Gasteiger partial charge is 0.459 e. The van der Waals surface area contributed by atoms with Crippen LogP contribution < -0.4 is 5.43 Å². The lowest BCUT2D eigenvalue weighted by atomic mass is 9.84. The highest BCUT2D eigenvalue weighted by atomic mass is 35.5. The van der Waals surface area contributed by atoms with Crippen LogP contribution >= 0.6 is 11.6 Å². The van der Waals surface area contributed by atoms with Crippen molar-refractivity contribution in [1.29, 1.82) is 0 Å². The molecule has 0 aliphatic carbocycles. The highest BCUT2D eigenvalue weighted by molar-refractivity contribution is 6.30. The van der Waals surface area contributed by atoms with Crippen LogP contribution in [0.3, 0.4) is 0 Å². The molecule has 4 heterocycles. The van der Waals surface area contributed by atoms with Crippen LogP contribution in [0.5, 0.6) is 0 Å².